The molecule has 2 aromatic carbocycles. The third-order valence-corrected chi connectivity index (χ3v) is 5.60. The Kier molecular flexibility index (Phi) is 4.43. The van der Waals surface area contributed by atoms with Gasteiger partial charge in [0.15, 0.2) is 0 Å². The Hall–Kier alpha value is -1.46. The van der Waals surface area contributed by atoms with Gasteiger partial charge in [-0.15, -0.1) is 0 Å². The third kappa shape index (κ3) is 2.76. The second kappa shape index (κ2) is 6.21. The third-order valence-electron chi connectivity index (χ3n) is 3.91. The lowest BCUT2D eigenvalue weighted by Gasteiger charge is -2.14. The van der Waals surface area contributed by atoms with Crippen molar-refractivity contribution in [3.8, 4) is 11.3 Å². The summed E-state index contributed by atoms with van der Waals surface area (Å²) in [6.07, 6.45) is 1.82. The standard InChI is InChI=1S/C19H14ClFIN/c1-10(2)14-9-23-19(18(22)11(14)3)13-6-4-5-12-7-8-15(21)17(20)16(12)13/h4-9H,1H2,2-3H3. The van der Waals surface area contributed by atoms with Crippen molar-refractivity contribution < 1.29 is 4.39 Å². The molecule has 0 N–H and O–H groups in total. The molecule has 0 aliphatic rings. The Morgan fingerprint density at radius 3 is 2.70 bits per heavy atom. The van der Waals surface area contributed by atoms with Crippen LogP contribution in [0, 0.1) is 16.3 Å². The van der Waals surface area contributed by atoms with E-state index in [1.165, 1.54) is 6.07 Å². The molecule has 0 spiro atoms. The monoisotopic (exact) mass is 437 g/mol. The number of nitrogens with zero attached hydrogens (tertiary/aromatic N) is 1. The van der Waals surface area contributed by atoms with Crippen LogP contribution in [0.4, 0.5) is 4.39 Å². The summed E-state index contributed by atoms with van der Waals surface area (Å²) in [5.74, 6) is -0.420. The van der Waals surface area contributed by atoms with E-state index in [0.717, 1.165) is 36.9 Å². The summed E-state index contributed by atoms with van der Waals surface area (Å²) in [5, 5.41) is 1.73. The van der Waals surface area contributed by atoms with Crippen molar-refractivity contribution in [2.24, 2.45) is 0 Å². The van der Waals surface area contributed by atoms with Crippen molar-refractivity contribution in [2.45, 2.75) is 13.8 Å². The lowest BCUT2D eigenvalue weighted by Crippen LogP contribution is -1.97. The second-order valence-corrected chi connectivity index (χ2v) is 6.96. The van der Waals surface area contributed by atoms with Crippen LogP contribution in [0.5, 0.6) is 0 Å². The highest BCUT2D eigenvalue weighted by atomic mass is 127. The predicted molar refractivity (Wildman–Crippen MR) is 104 cm³/mol. The zero-order valence-electron chi connectivity index (χ0n) is 12.8. The maximum atomic E-state index is 13.9. The quantitative estimate of drug-likeness (QED) is 0.410. The van der Waals surface area contributed by atoms with Gasteiger partial charge in [0.05, 0.1) is 10.7 Å². The molecule has 0 radical (unpaired) electrons. The van der Waals surface area contributed by atoms with Gasteiger partial charge in [0.1, 0.15) is 5.82 Å². The van der Waals surface area contributed by atoms with Crippen LogP contribution >= 0.6 is 34.2 Å². The van der Waals surface area contributed by atoms with Crippen LogP contribution in [0.3, 0.4) is 0 Å². The van der Waals surface area contributed by atoms with Gasteiger partial charge in [0.25, 0.3) is 0 Å². The van der Waals surface area contributed by atoms with Gasteiger partial charge in [0, 0.05) is 20.7 Å². The number of fused-ring (bicyclic) bond motifs is 1. The van der Waals surface area contributed by atoms with Gasteiger partial charge >= 0.3 is 0 Å². The van der Waals surface area contributed by atoms with Crippen molar-refractivity contribution in [3.63, 3.8) is 0 Å². The summed E-state index contributed by atoms with van der Waals surface area (Å²) in [5.41, 5.74) is 4.78. The lowest BCUT2D eigenvalue weighted by molar-refractivity contribution is 0.630. The van der Waals surface area contributed by atoms with E-state index in [9.17, 15) is 4.39 Å². The van der Waals surface area contributed by atoms with E-state index >= 15 is 0 Å². The van der Waals surface area contributed by atoms with Crippen LogP contribution in [0.2, 0.25) is 5.02 Å². The van der Waals surface area contributed by atoms with E-state index in [2.05, 4.69) is 34.2 Å². The number of halogens is 3. The SMILES string of the molecule is C=C(C)c1cnc(-c2cccc3ccc(F)c(Cl)c23)c(I)c1C. The van der Waals surface area contributed by atoms with Crippen molar-refractivity contribution >= 4 is 50.5 Å². The molecule has 0 unspecified atom stereocenters. The molecule has 0 aliphatic carbocycles. The molecule has 0 aliphatic heterocycles. The first-order chi connectivity index (χ1) is 10.9. The van der Waals surface area contributed by atoms with Gasteiger partial charge in [-0.05, 0) is 64.6 Å². The summed E-state index contributed by atoms with van der Waals surface area (Å²) >= 11 is 8.52. The number of allylic oxidation sites excluding steroid dienone is 1. The summed E-state index contributed by atoms with van der Waals surface area (Å²) in [4.78, 5) is 4.60. The zero-order valence-corrected chi connectivity index (χ0v) is 15.7. The van der Waals surface area contributed by atoms with Crippen LogP contribution in [0.25, 0.3) is 27.6 Å². The molecule has 23 heavy (non-hydrogen) atoms. The molecular weight excluding hydrogens is 424 g/mol. The molecule has 1 heterocycles. The summed E-state index contributed by atoms with van der Waals surface area (Å²) in [6.45, 7) is 8.00. The Balaban J connectivity index is 2.36. The molecule has 0 amide bonds. The molecule has 0 atom stereocenters. The molecule has 0 bridgehead atoms. The van der Waals surface area contributed by atoms with E-state index in [4.69, 9.17) is 11.6 Å². The first-order valence-corrected chi connectivity index (χ1v) is 8.55. The normalized spacial score (nSPS) is 11.0. The Morgan fingerprint density at radius 1 is 1.26 bits per heavy atom. The molecule has 116 valence electrons. The highest BCUT2D eigenvalue weighted by Crippen LogP contribution is 2.37. The summed E-state index contributed by atoms with van der Waals surface area (Å²) in [6, 6.07) is 8.92. The molecule has 3 aromatic rings. The maximum Gasteiger partial charge on any atom is 0.142 e. The minimum atomic E-state index is -0.420. The number of hydrogen-bond donors (Lipinski definition) is 0. The predicted octanol–water partition coefficient (Wildman–Crippen LogP) is 6.64. The van der Waals surface area contributed by atoms with Crippen molar-refractivity contribution in [2.75, 3.05) is 0 Å². The first-order valence-electron chi connectivity index (χ1n) is 7.10. The Morgan fingerprint density at radius 2 is 2.00 bits per heavy atom. The fourth-order valence-electron chi connectivity index (χ4n) is 2.70. The minimum absolute atomic E-state index is 0.136. The molecule has 0 fully saturated rings. The number of aromatic nitrogens is 1. The second-order valence-electron chi connectivity index (χ2n) is 5.50. The van der Waals surface area contributed by atoms with Crippen LogP contribution in [-0.4, -0.2) is 4.98 Å². The average Bonchev–Trinajstić information content (AvgIpc) is 2.53. The fraction of sp³-hybridized carbons (Fsp3) is 0.105. The summed E-state index contributed by atoms with van der Waals surface area (Å²) in [7, 11) is 0. The molecule has 0 saturated carbocycles. The van der Waals surface area contributed by atoms with Crippen LogP contribution in [0.15, 0.2) is 43.1 Å². The molecule has 3 rings (SSSR count). The number of benzene rings is 2. The smallest absolute Gasteiger partial charge is 0.142 e. The fourth-order valence-corrected chi connectivity index (χ4v) is 3.70. The highest BCUT2D eigenvalue weighted by molar-refractivity contribution is 14.1. The molecule has 1 aromatic heterocycles. The van der Waals surface area contributed by atoms with Gasteiger partial charge in [-0.2, -0.15) is 0 Å². The van der Waals surface area contributed by atoms with E-state index in [-0.39, 0.29) is 5.02 Å². The maximum absolute atomic E-state index is 13.9. The van der Waals surface area contributed by atoms with Crippen molar-refractivity contribution in [1.29, 1.82) is 0 Å². The van der Waals surface area contributed by atoms with Gasteiger partial charge in [-0.1, -0.05) is 42.4 Å². The average molecular weight is 438 g/mol. The van der Waals surface area contributed by atoms with Crippen LogP contribution in [-0.2, 0) is 0 Å². The van der Waals surface area contributed by atoms with E-state index in [1.807, 2.05) is 38.2 Å². The molecular formula is C19H14ClFIN. The van der Waals surface area contributed by atoms with Crippen molar-refractivity contribution in [3.05, 3.63) is 68.6 Å². The Labute approximate surface area is 153 Å². The molecule has 4 heteroatoms. The van der Waals surface area contributed by atoms with Crippen molar-refractivity contribution in [1.82, 2.24) is 4.98 Å². The van der Waals surface area contributed by atoms with Gasteiger partial charge in [-0.3, -0.25) is 4.98 Å². The van der Waals surface area contributed by atoms with E-state index < -0.39 is 5.82 Å². The molecule has 1 nitrogen and oxygen atoms in total. The van der Waals surface area contributed by atoms with E-state index in [1.54, 1.807) is 6.07 Å². The van der Waals surface area contributed by atoms with Gasteiger partial charge in [-0.25, -0.2) is 4.39 Å². The topological polar surface area (TPSA) is 12.9 Å². The lowest BCUT2D eigenvalue weighted by atomic mass is 9.98. The van der Waals surface area contributed by atoms with Gasteiger partial charge < -0.3 is 0 Å². The largest absolute Gasteiger partial charge is 0.254 e. The van der Waals surface area contributed by atoms with Gasteiger partial charge in [0.2, 0.25) is 0 Å². The number of hydrogen-bond acceptors (Lipinski definition) is 1. The zero-order chi connectivity index (χ0) is 16.7. The highest BCUT2D eigenvalue weighted by Gasteiger charge is 2.16. The summed E-state index contributed by atoms with van der Waals surface area (Å²) < 4.78 is 15.0. The first kappa shape index (κ1) is 16.4. The number of pyridine rings is 1. The van der Waals surface area contributed by atoms with Crippen LogP contribution in [0.1, 0.15) is 18.1 Å². The number of rotatable bonds is 2. The van der Waals surface area contributed by atoms with Crippen LogP contribution < -0.4 is 0 Å². The minimum Gasteiger partial charge on any atom is -0.254 e. The molecule has 0 saturated heterocycles. The Bertz CT molecular complexity index is 950. The van der Waals surface area contributed by atoms with E-state index in [0.29, 0.717) is 5.39 Å².